The van der Waals surface area contributed by atoms with Crippen molar-refractivity contribution in [3.05, 3.63) is 18.1 Å². The summed E-state index contributed by atoms with van der Waals surface area (Å²) in [6.07, 6.45) is 0.964. The number of nitrogen functional groups attached to an aromatic ring is 1. The Morgan fingerprint density at radius 3 is 2.81 bits per heavy atom. The van der Waals surface area contributed by atoms with Crippen molar-refractivity contribution in [1.29, 1.82) is 0 Å². The molecule has 10 heteroatoms. The lowest BCUT2D eigenvalue weighted by Crippen LogP contribution is -2.45. The monoisotopic (exact) mass is 364 g/mol. The molecule has 8 N–H and O–H groups in total. The van der Waals surface area contributed by atoms with Crippen molar-refractivity contribution in [2.45, 2.75) is 44.2 Å². The number of fused-ring (bicyclic) bond motifs is 1. The van der Waals surface area contributed by atoms with E-state index in [9.17, 15) is 15.0 Å². The van der Waals surface area contributed by atoms with Crippen LogP contribution >= 0.6 is 0 Å². The molecule has 2 aromatic rings. The number of aromatic amines is 1. The molecule has 1 unspecified atom stereocenters. The minimum atomic E-state index is -1.09. The number of esters is 1. The minimum Gasteiger partial charge on any atom is -0.457 e. The van der Waals surface area contributed by atoms with Crippen molar-refractivity contribution >= 4 is 22.8 Å². The number of hydrogen-bond acceptors (Lipinski definition) is 9. The molecule has 5 atom stereocenters. The molecule has 2 aromatic heterocycles. The highest BCUT2D eigenvalue weighted by Crippen LogP contribution is 2.33. The van der Waals surface area contributed by atoms with E-state index in [4.69, 9.17) is 16.2 Å². The lowest BCUT2D eigenvalue weighted by Gasteiger charge is -2.23. The Morgan fingerprint density at radius 1 is 1.42 bits per heavy atom. The van der Waals surface area contributed by atoms with Gasteiger partial charge >= 0.3 is 5.97 Å². The van der Waals surface area contributed by atoms with E-state index in [1.54, 1.807) is 20.0 Å². The fourth-order valence-corrected chi connectivity index (χ4v) is 3.13. The summed E-state index contributed by atoms with van der Waals surface area (Å²) < 4.78 is 5.41. The molecule has 0 aromatic carbocycles. The second-order valence-corrected chi connectivity index (χ2v) is 6.82. The number of aromatic nitrogens is 3. The fourth-order valence-electron chi connectivity index (χ4n) is 3.13. The molecule has 1 fully saturated rings. The third-order valence-electron chi connectivity index (χ3n) is 4.76. The highest BCUT2D eigenvalue weighted by molar-refractivity contribution is 5.87. The molecule has 0 amide bonds. The maximum absolute atomic E-state index is 12.2. The molecular weight excluding hydrogens is 340 g/mol. The minimum absolute atomic E-state index is 0.106. The topological polar surface area (TPSA) is 172 Å². The smallest absolute Gasteiger partial charge is 0.323 e. The van der Waals surface area contributed by atoms with Gasteiger partial charge in [0.2, 0.25) is 0 Å². The number of aliphatic hydroxyl groups excluding tert-OH is 2. The van der Waals surface area contributed by atoms with Crippen LogP contribution in [0.5, 0.6) is 0 Å². The number of ether oxygens (including phenoxy) is 1. The quantitative estimate of drug-likeness (QED) is 0.356. The lowest BCUT2D eigenvalue weighted by molar-refractivity contribution is -0.157. The second kappa shape index (κ2) is 7.16. The van der Waals surface area contributed by atoms with Gasteiger partial charge in [-0.05, 0) is 5.92 Å². The number of anilines is 1. The Kier molecular flexibility index (Phi) is 5.10. The average Bonchev–Trinajstić information content (AvgIpc) is 3.17. The second-order valence-electron chi connectivity index (χ2n) is 6.82. The van der Waals surface area contributed by atoms with Gasteiger partial charge in [-0.1, -0.05) is 13.8 Å². The SMILES string of the molecule is CC(C)C(N)C(=O)O[C@H]1[C@@H](O)[C@H](c2c[nH]c3c(N)ncnc23)N[C@H]1CO. The molecule has 0 saturated carbocycles. The molecule has 10 nitrogen and oxygen atoms in total. The van der Waals surface area contributed by atoms with Crippen LogP contribution in [0.25, 0.3) is 11.0 Å². The molecule has 0 radical (unpaired) electrons. The molecule has 3 rings (SSSR count). The van der Waals surface area contributed by atoms with E-state index in [0.29, 0.717) is 22.4 Å². The number of nitrogens with zero attached hydrogens (tertiary/aromatic N) is 2. The van der Waals surface area contributed by atoms with Crippen molar-refractivity contribution in [1.82, 2.24) is 20.3 Å². The van der Waals surface area contributed by atoms with Crippen LogP contribution in [0.2, 0.25) is 0 Å². The first-order chi connectivity index (χ1) is 12.3. The van der Waals surface area contributed by atoms with Crippen molar-refractivity contribution in [2.75, 3.05) is 12.3 Å². The molecular formula is C16H24N6O4. The van der Waals surface area contributed by atoms with Crippen LogP contribution in [0.3, 0.4) is 0 Å². The van der Waals surface area contributed by atoms with E-state index in [1.165, 1.54) is 6.33 Å². The first kappa shape index (κ1) is 18.5. The largest absolute Gasteiger partial charge is 0.457 e. The van der Waals surface area contributed by atoms with Gasteiger partial charge in [-0.25, -0.2) is 9.97 Å². The van der Waals surface area contributed by atoms with Gasteiger partial charge in [0, 0.05) is 11.8 Å². The van der Waals surface area contributed by atoms with Crippen LogP contribution < -0.4 is 16.8 Å². The fraction of sp³-hybridized carbons (Fsp3) is 0.562. The highest BCUT2D eigenvalue weighted by Gasteiger charge is 2.46. The van der Waals surface area contributed by atoms with Gasteiger partial charge in [-0.3, -0.25) is 10.1 Å². The van der Waals surface area contributed by atoms with Gasteiger partial charge < -0.3 is 31.4 Å². The summed E-state index contributed by atoms with van der Waals surface area (Å²) in [5.74, 6) is -0.431. The third kappa shape index (κ3) is 3.12. The summed E-state index contributed by atoms with van der Waals surface area (Å²) in [5, 5.41) is 23.5. The Bertz CT molecular complexity index is 794. The van der Waals surface area contributed by atoms with Gasteiger partial charge in [0.15, 0.2) is 5.82 Å². The molecule has 26 heavy (non-hydrogen) atoms. The standard InChI is InChI=1S/C16H24N6O4/c1-6(2)9(17)16(25)26-14-8(4-23)22-11(13(14)24)7-3-19-12-10(7)20-5-21-15(12)18/h3,5-6,8-9,11,13-14,19,22-24H,4,17H2,1-2H3,(H2,18,20,21)/t8-,9?,11-,13-,14+/m0/s1. The predicted molar refractivity (Wildman–Crippen MR) is 93.8 cm³/mol. The van der Waals surface area contributed by atoms with E-state index < -0.39 is 36.3 Å². The van der Waals surface area contributed by atoms with Gasteiger partial charge in [0.25, 0.3) is 0 Å². The zero-order valence-corrected chi connectivity index (χ0v) is 14.6. The summed E-state index contributed by atoms with van der Waals surface area (Å²) >= 11 is 0. The summed E-state index contributed by atoms with van der Waals surface area (Å²) in [7, 11) is 0. The number of hydrogen-bond donors (Lipinski definition) is 6. The number of rotatable bonds is 5. The average molecular weight is 364 g/mol. The van der Waals surface area contributed by atoms with Crippen molar-refractivity contribution in [3.63, 3.8) is 0 Å². The van der Waals surface area contributed by atoms with E-state index in [2.05, 4.69) is 20.3 Å². The number of nitrogens with two attached hydrogens (primary N) is 2. The predicted octanol–water partition coefficient (Wildman–Crippen LogP) is -1.20. The maximum atomic E-state index is 12.2. The molecule has 0 bridgehead atoms. The number of aliphatic hydroxyl groups is 2. The Morgan fingerprint density at radius 2 is 2.15 bits per heavy atom. The van der Waals surface area contributed by atoms with E-state index in [0.717, 1.165) is 0 Å². The first-order valence-electron chi connectivity index (χ1n) is 8.43. The first-order valence-corrected chi connectivity index (χ1v) is 8.43. The molecule has 1 aliphatic heterocycles. The summed E-state index contributed by atoms with van der Waals surface area (Å²) in [6.45, 7) is 3.29. The summed E-state index contributed by atoms with van der Waals surface area (Å²) in [5.41, 5.74) is 13.4. The normalized spacial score (nSPS) is 27.2. The molecule has 3 heterocycles. The Hall–Kier alpha value is -2.27. The Labute approximate surface area is 149 Å². The van der Waals surface area contributed by atoms with Gasteiger partial charge in [-0.15, -0.1) is 0 Å². The highest BCUT2D eigenvalue weighted by atomic mass is 16.6. The Balaban J connectivity index is 1.86. The number of carbonyl (C=O) groups excluding carboxylic acids is 1. The van der Waals surface area contributed by atoms with Crippen LogP contribution in [0.4, 0.5) is 5.82 Å². The van der Waals surface area contributed by atoms with Crippen LogP contribution in [0.1, 0.15) is 25.5 Å². The molecule has 1 saturated heterocycles. The molecule has 142 valence electrons. The zero-order valence-electron chi connectivity index (χ0n) is 14.6. The number of carbonyl (C=O) groups is 1. The van der Waals surface area contributed by atoms with Crippen molar-refractivity contribution in [3.8, 4) is 0 Å². The summed E-state index contributed by atoms with van der Waals surface area (Å²) in [6, 6.07) is -2.05. The van der Waals surface area contributed by atoms with Gasteiger partial charge in [-0.2, -0.15) is 0 Å². The molecule has 0 spiro atoms. The third-order valence-corrected chi connectivity index (χ3v) is 4.76. The molecule has 0 aliphatic carbocycles. The zero-order chi connectivity index (χ0) is 19.0. The van der Waals surface area contributed by atoms with E-state index in [-0.39, 0.29) is 12.5 Å². The van der Waals surface area contributed by atoms with E-state index in [1.807, 2.05) is 0 Å². The van der Waals surface area contributed by atoms with Crippen molar-refractivity contribution < 1.29 is 19.7 Å². The maximum Gasteiger partial charge on any atom is 0.323 e. The lowest BCUT2D eigenvalue weighted by atomic mass is 10.0. The van der Waals surface area contributed by atoms with Crippen LogP contribution in [-0.4, -0.2) is 62.0 Å². The van der Waals surface area contributed by atoms with Crippen molar-refractivity contribution in [2.24, 2.45) is 11.7 Å². The molecule has 1 aliphatic rings. The summed E-state index contributed by atoms with van der Waals surface area (Å²) in [4.78, 5) is 23.3. The van der Waals surface area contributed by atoms with Gasteiger partial charge in [0.1, 0.15) is 30.1 Å². The van der Waals surface area contributed by atoms with E-state index >= 15 is 0 Å². The van der Waals surface area contributed by atoms with Crippen LogP contribution in [0, 0.1) is 5.92 Å². The van der Waals surface area contributed by atoms with Crippen LogP contribution in [0.15, 0.2) is 12.5 Å². The number of nitrogens with one attached hydrogen (secondary N) is 2. The number of H-pyrrole nitrogens is 1. The van der Waals surface area contributed by atoms with Crippen LogP contribution in [-0.2, 0) is 9.53 Å². The van der Waals surface area contributed by atoms with Gasteiger partial charge in [0.05, 0.1) is 24.2 Å².